The van der Waals surface area contributed by atoms with Gasteiger partial charge in [-0.15, -0.1) is 0 Å². The Bertz CT molecular complexity index is 607. The highest BCUT2D eigenvalue weighted by Gasteiger charge is 2.39. The summed E-state index contributed by atoms with van der Waals surface area (Å²) < 4.78 is 12.6. The maximum atomic E-state index is 7.00. The molecule has 1 radical (unpaired) electrons. The first-order valence-electron chi connectivity index (χ1n) is 9.54. The molecular weight excluding hydrogens is 369 g/mol. The van der Waals surface area contributed by atoms with E-state index in [-0.39, 0.29) is 18.8 Å². The standard InChI is InChI=1S/C21H31NO2Si.BH2O2/c1-21(2,3)25(4,5)24-20(14-13-18-10-9-15-22-16-18)17-23-19-11-7-6-8-12-19;2-1-3/h6-12,15-16,20H,13-14,17H2,1-5H3;2-3H. The lowest BCUT2D eigenvalue weighted by atomic mass is 10.1. The van der Waals surface area contributed by atoms with Crippen molar-refractivity contribution in [1.29, 1.82) is 0 Å². The number of aryl methyl sites for hydroxylation is 1. The fourth-order valence-corrected chi connectivity index (χ4v) is 3.72. The van der Waals surface area contributed by atoms with Crippen molar-refractivity contribution in [2.24, 2.45) is 0 Å². The van der Waals surface area contributed by atoms with Gasteiger partial charge in [-0.25, -0.2) is 0 Å². The minimum Gasteiger partial charge on any atom is -0.491 e. The molecule has 1 heterocycles. The van der Waals surface area contributed by atoms with E-state index in [4.69, 9.17) is 19.2 Å². The zero-order valence-electron chi connectivity index (χ0n) is 17.6. The first-order chi connectivity index (χ1) is 13.2. The third kappa shape index (κ3) is 9.01. The second-order valence-corrected chi connectivity index (χ2v) is 12.9. The van der Waals surface area contributed by atoms with E-state index in [1.165, 1.54) is 5.56 Å². The van der Waals surface area contributed by atoms with Gasteiger partial charge in [-0.2, -0.15) is 0 Å². The molecule has 2 rings (SSSR count). The predicted molar refractivity (Wildman–Crippen MR) is 117 cm³/mol. The summed E-state index contributed by atoms with van der Waals surface area (Å²) in [5, 5.41) is 14.2. The molecule has 7 heteroatoms. The lowest BCUT2D eigenvalue weighted by molar-refractivity contribution is 0.108. The van der Waals surface area contributed by atoms with Gasteiger partial charge in [-0.1, -0.05) is 45.0 Å². The van der Waals surface area contributed by atoms with E-state index in [9.17, 15) is 0 Å². The molecule has 2 aromatic rings. The van der Waals surface area contributed by atoms with Crippen molar-refractivity contribution in [3.05, 3.63) is 60.4 Å². The molecule has 0 aliphatic carbocycles. The molecule has 1 aromatic heterocycles. The summed E-state index contributed by atoms with van der Waals surface area (Å²) in [6, 6.07) is 14.1. The first kappa shape index (κ1) is 24.4. The average Bonchev–Trinajstić information content (AvgIpc) is 2.65. The lowest BCUT2D eigenvalue weighted by Crippen LogP contribution is -2.45. The molecule has 0 aliphatic rings. The number of hydrogen-bond donors (Lipinski definition) is 2. The van der Waals surface area contributed by atoms with Crippen LogP contribution in [0.2, 0.25) is 18.1 Å². The van der Waals surface area contributed by atoms with Gasteiger partial charge < -0.3 is 19.2 Å². The number of hydrogen-bond acceptors (Lipinski definition) is 5. The van der Waals surface area contributed by atoms with Crippen molar-refractivity contribution >= 4 is 16.0 Å². The van der Waals surface area contributed by atoms with Crippen LogP contribution < -0.4 is 4.74 Å². The fourth-order valence-electron chi connectivity index (χ4n) is 2.35. The maximum absolute atomic E-state index is 7.00. The topological polar surface area (TPSA) is 71.8 Å². The van der Waals surface area contributed by atoms with Crippen LogP contribution in [0.5, 0.6) is 5.75 Å². The number of pyridine rings is 1. The Morgan fingerprint density at radius 3 is 2.25 bits per heavy atom. The summed E-state index contributed by atoms with van der Waals surface area (Å²) in [6.45, 7) is 12.0. The normalized spacial score (nSPS) is 12.5. The van der Waals surface area contributed by atoms with E-state index >= 15 is 0 Å². The van der Waals surface area contributed by atoms with E-state index in [0.717, 1.165) is 18.6 Å². The first-order valence-corrected chi connectivity index (χ1v) is 12.4. The van der Waals surface area contributed by atoms with Crippen molar-refractivity contribution in [2.45, 2.75) is 57.8 Å². The fraction of sp³-hybridized carbons (Fsp3) is 0.476. The molecule has 153 valence electrons. The summed E-state index contributed by atoms with van der Waals surface area (Å²) in [5.41, 5.74) is 1.24. The molecule has 0 amide bonds. The molecule has 5 nitrogen and oxygen atoms in total. The monoisotopic (exact) mass is 402 g/mol. The van der Waals surface area contributed by atoms with Crippen LogP contribution in [0.15, 0.2) is 54.9 Å². The summed E-state index contributed by atoms with van der Waals surface area (Å²) in [7, 11) is -1.84. The predicted octanol–water partition coefficient (Wildman–Crippen LogP) is 3.99. The second-order valence-electron chi connectivity index (χ2n) is 8.14. The average molecular weight is 402 g/mol. The van der Waals surface area contributed by atoms with Crippen LogP contribution in [0.3, 0.4) is 0 Å². The molecular formula is C21H33BNO4Si. The molecule has 0 saturated heterocycles. The Morgan fingerprint density at radius 2 is 1.71 bits per heavy atom. The van der Waals surface area contributed by atoms with Crippen LogP contribution in [-0.4, -0.2) is 43.7 Å². The zero-order chi connectivity index (χ0) is 21.0. The SMILES string of the molecule is CC(C)(C)[Si](C)(C)OC(CCc1cccnc1)COc1ccccc1.O[B]O. The highest BCUT2D eigenvalue weighted by molar-refractivity contribution is 6.74. The largest absolute Gasteiger partial charge is 0.491 e. The number of ether oxygens (including phenoxy) is 1. The molecule has 0 aliphatic heterocycles. The molecule has 1 atom stereocenters. The van der Waals surface area contributed by atoms with Gasteiger partial charge in [0.05, 0.1) is 6.10 Å². The van der Waals surface area contributed by atoms with Gasteiger partial charge in [0.25, 0.3) is 0 Å². The van der Waals surface area contributed by atoms with E-state index in [0.29, 0.717) is 6.61 Å². The van der Waals surface area contributed by atoms with Gasteiger partial charge in [0, 0.05) is 12.4 Å². The van der Waals surface area contributed by atoms with Crippen LogP contribution in [0.1, 0.15) is 32.8 Å². The van der Waals surface area contributed by atoms with Gasteiger partial charge in [0.1, 0.15) is 12.4 Å². The molecule has 1 unspecified atom stereocenters. The minimum atomic E-state index is -1.84. The summed E-state index contributed by atoms with van der Waals surface area (Å²) in [5.74, 6) is 0.896. The van der Waals surface area contributed by atoms with Gasteiger partial charge >= 0.3 is 7.69 Å². The summed E-state index contributed by atoms with van der Waals surface area (Å²) in [6.07, 6.45) is 5.71. The van der Waals surface area contributed by atoms with Crippen LogP contribution in [0.25, 0.3) is 0 Å². The smallest absolute Gasteiger partial charge is 0.482 e. The number of para-hydroxylation sites is 1. The molecule has 0 spiro atoms. The van der Waals surface area contributed by atoms with Crippen LogP contribution in [-0.2, 0) is 10.8 Å². The van der Waals surface area contributed by atoms with Crippen LogP contribution in [0.4, 0.5) is 0 Å². The number of rotatable bonds is 8. The van der Waals surface area contributed by atoms with E-state index in [2.05, 4.69) is 44.9 Å². The quantitative estimate of drug-likeness (QED) is 0.654. The lowest BCUT2D eigenvalue weighted by Gasteiger charge is -2.39. The van der Waals surface area contributed by atoms with E-state index in [1.54, 1.807) is 0 Å². The Hall–Kier alpha value is -1.67. The Kier molecular flexibility index (Phi) is 10.5. The van der Waals surface area contributed by atoms with Gasteiger partial charge in [-0.05, 0) is 54.7 Å². The van der Waals surface area contributed by atoms with Crippen molar-refractivity contribution in [3.8, 4) is 5.75 Å². The number of benzene rings is 1. The maximum Gasteiger partial charge on any atom is 0.482 e. The molecule has 2 N–H and O–H groups in total. The molecule has 0 fully saturated rings. The number of nitrogens with zero attached hydrogens (tertiary/aromatic N) is 1. The third-order valence-corrected chi connectivity index (χ3v) is 9.46. The van der Waals surface area contributed by atoms with Crippen molar-refractivity contribution in [3.63, 3.8) is 0 Å². The van der Waals surface area contributed by atoms with Crippen LogP contribution in [0, 0.1) is 0 Å². The van der Waals surface area contributed by atoms with Gasteiger partial charge in [0.2, 0.25) is 0 Å². The van der Waals surface area contributed by atoms with Gasteiger partial charge in [-0.3, -0.25) is 4.98 Å². The molecule has 0 bridgehead atoms. The Labute approximate surface area is 171 Å². The highest BCUT2D eigenvalue weighted by Crippen LogP contribution is 2.37. The molecule has 0 saturated carbocycles. The zero-order valence-corrected chi connectivity index (χ0v) is 18.6. The van der Waals surface area contributed by atoms with Crippen LogP contribution >= 0.6 is 0 Å². The van der Waals surface area contributed by atoms with Gasteiger partial charge in [0.15, 0.2) is 8.32 Å². The van der Waals surface area contributed by atoms with Crippen molar-refractivity contribution in [1.82, 2.24) is 4.98 Å². The van der Waals surface area contributed by atoms with E-state index in [1.807, 2.05) is 48.8 Å². The second kappa shape index (κ2) is 12.0. The summed E-state index contributed by atoms with van der Waals surface area (Å²) in [4.78, 5) is 4.21. The molecule has 1 aromatic carbocycles. The number of aromatic nitrogens is 1. The highest BCUT2D eigenvalue weighted by atomic mass is 28.4. The third-order valence-electron chi connectivity index (χ3n) is 4.92. The Balaban J connectivity index is 0.00000122. The molecule has 28 heavy (non-hydrogen) atoms. The Morgan fingerprint density at radius 1 is 1.07 bits per heavy atom. The van der Waals surface area contributed by atoms with E-state index < -0.39 is 8.32 Å². The summed E-state index contributed by atoms with van der Waals surface area (Å²) >= 11 is 0. The van der Waals surface area contributed by atoms with Crippen molar-refractivity contribution < 1.29 is 19.2 Å². The minimum absolute atomic E-state index is 0. The van der Waals surface area contributed by atoms with Crippen molar-refractivity contribution in [2.75, 3.05) is 6.61 Å².